The Morgan fingerprint density at radius 3 is 2.50 bits per heavy atom. The summed E-state index contributed by atoms with van der Waals surface area (Å²) in [7, 11) is 0. The molecule has 2 fully saturated rings. The zero-order valence-electron chi connectivity index (χ0n) is 9.76. The third-order valence-corrected chi connectivity index (χ3v) is 4.01. The van der Waals surface area contributed by atoms with Crippen LogP contribution in [0.15, 0.2) is 24.3 Å². The number of hydrogen-bond donors (Lipinski definition) is 1. The molecule has 1 aromatic rings. The zero-order chi connectivity index (χ0) is 11.1. The minimum Gasteiger partial charge on any atom is -0.393 e. The van der Waals surface area contributed by atoms with E-state index in [0.717, 1.165) is 12.8 Å². The molecule has 2 aliphatic heterocycles. The maximum absolute atomic E-state index is 9.78. The molecule has 0 aromatic heterocycles. The second-order valence-corrected chi connectivity index (χ2v) is 5.26. The lowest BCUT2D eigenvalue weighted by atomic mass is 9.99. The van der Waals surface area contributed by atoms with Gasteiger partial charge in [-0.15, -0.1) is 0 Å². The maximum atomic E-state index is 9.78. The number of aliphatic hydroxyl groups is 1. The number of hydrogen-bond acceptors (Lipinski definition) is 2. The molecule has 1 aromatic carbocycles. The first-order valence-corrected chi connectivity index (χ1v) is 6.27. The third-order valence-electron chi connectivity index (χ3n) is 4.01. The standard InChI is InChI=1S/C14H19NO/c1-10-3-2-4-11(7-10)15-12-5-6-13(15)9-14(16)8-12/h2-4,7,12-14,16H,5-6,8-9H2,1H3. The molecule has 2 atom stereocenters. The van der Waals surface area contributed by atoms with Gasteiger partial charge in [-0.1, -0.05) is 12.1 Å². The molecule has 16 heavy (non-hydrogen) atoms. The average Bonchev–Trinajstić information content (AvgIpc) is 2.51. The van der Waals surface area contributed by atoms with Gasteiger partial charge < -0.3 is 10.0 Å². The second-order valence-electron chi connectivity index (χ2n) is 5.26. The highest BCUT2D eigenvalue weighted by Gasteiger charge is 2.40. The van der Waals surface area contributed by atoms with Crippen LogP contribution in [-0.2, 0) is 0 Å². The first-order valence-electron chi connectivity index (χ1n) is 6.27. The van der Waals surface area contributed by atoms with E-state index in [2.05, 4.69) is 36.1 Å². The van der Waals surface area contributed by atoms with Crippen molar-refractivity contribution in [2.24, 2.45) is 0 Å². The minimum atomic E-state index is -0.0708. The summed E-state index contributed by atoms with van der Waals surface area (Å²) in [5, 5.41) is 9.78. The number of anilines is 1. The van der Waals surface area contributed by atoms with E-state index in [-0.39, 0.29) is 6.10 Å². The van der Waals surface area contributed by atoms with E-state index in [1.165, 1.54) is 24.1 Å². The molecular formula is C14H19NO. The van der Waals surface area contributed by atoms with Crippen molar-refractivity contribution in [3.05, 3.63) is 29.8 Å². The predicted octanol–water partition coefficient (Wildman–Crippen LogP) is 2.49. The topological polar surface area (TPSA) is 23.5 Å². The summed E-state index contributed by atoms with van der Waals surface area (Å²) in [6, 6.07) is 9.88. The van der Waals surface area contributed by atoms with Crippen LogP contribution in [-0.4, -0.2) is 23.3 Å². The summed E-state index contributed by atoms with van der Waals surface area (Å²) in [6.07, 6.45) is 4.32. The van der Waals surface area contributed by atoms with Crippen LogP contribution in [0.1, 0.15) is 31.2 Å². The molecule has 2 heterocycles. The highest BCUT2D eigenvalue weighted by molar-refractivity contribution is 5.52. The van der Waals surface area contributed by atoms with Gasteiger partial charge in [-0.3, -0.25) is 0 Å². The maximum Gasteiger partial charge on any atom is 0.0579 e. The van der Waals surface area contributed by atoms with E-state index in [9.17, 15) is 5.11 Å². The average molecular weight is 217 g/mol. The van der Waals surface area contributed by atoms with Gasteiger partial charge in [-0.2, -0.15) is 0 Å². The summed E-state index contributed by atoms with van der Waals surface area (Å²) in [5.74, 6) is 0. The van der Waals surface area contributed by atoms with Gasteiger partial charge in [0.1, 0.15) is 0 Å². The predicted molar refractivity (Wildman–Crippen MR) is 65.7 cm³/mol. The molecular weight excluding hydrogens is 198 g/mol. The molecule has 0 amide bonds. The Kier molecular flexibility index (Phi) is 2.40. The lowest BCUT2D eigenvalue weighted by molar-refractivity contribution is 0.126. The zero-order valence-corrected chi connectivity index (χ0v) is 9.76. The molecule has 0 saturated carbocycles. The number of rotatable bonds is 1. The van der Waals surface area contributed by atoms with Gasteiger partial charge in [-0.25, -0.2) is 0 Å². The lowest BCUT2D eigenvalue weighted by Gasteiger charge is -2.39. The van der Waals surface area contributed by atoms with E-state index < -0.39 is 0 Å². The molecule has 2 aliphatic rings. The molecule has 2 unspecified atom stereocenters. The molecule has 2 saturated heterocycles. The summed E-state index contributed by atoms with van der Waals surface area (Å²) >= 11 is 0. The number of nitrogens with zero attached hydrogens (tertiary/aromatic N) is 1. The highest BCUT2D eigenvalue weighted by Crippen LogP contribution is 2.39. The second kappa shape index (κ2) is 3.77. The summed E-state index contributed by atoms with van der Waals surface area (Å²) in [4.78, 5) is 2.54. The molecule has 2 heteroatoms. The number of aryl methyl sites for hydroxylation is 1. The Morgan fingerprint density at radius 2 is 1.88 bits per heavy atom. The first kappa shape index (κ1) is 10.2. The van der Waals surface area contributed by atoms with Crippen molar-refractivity contribution in [1.82, 2.24) is 0 Å². The fourth-order valence-corrected chi connectivity index (χ4v) is 3.36. The van der Waals surface area contributed by atoms with Crippen LogP contribution in [0.3, 0.4) is 0 Å². The van der Waals surface area contributed by atoms with E-state index in [0.29, 0.717) is 12.1 Å². The Balaban J connectivity index is 1.91. The van der Waals surface area contributed by atoms with Gasteiger partial charge >= 0.3 is 0 Å². The largest absolute Gasteiger partial charge is 0.393 e. The van der Waals surface area contributed by atoms with Gasteiger partial charge in [0.2, 0.25) is 0 Å². The molecule has 0 spiro atoms. The van der Waals surface area contributed by atoms with Crippen molar-refractivity contribution in [3.63, 3.8) is 0 Å². The quantitative estimate of drug-likeness (QED) is 0.781. The van der Waals surface area contributed by atoms with Crippen molar-refractivity contribution >= 4 is 5.69 Å². The highest BCUT2D eigenvalue weighted by atomic mass is 16.3. The van der Waals surface area contributed by atoms with E-state index in [1.54, 1.807) is 0 Å². The molecule has 3 rings (SSSR count). The van der Waals surface area contributed by atoms with Crippen LogP contribution in [0.5, 0.6) is 0 Å². The number of aliphatic hydroxyl groups excluding tert-OH is 1. The summed E-state index contributed by atoms with van der Waals surface area (Å²) < 4.78 is 0. The summed E-state index contributed by atoms with van der Waals surface area (Å²) in [6.45, 7) is 2.14. The van der Waals surface area contributed by atoms with Crippen LogP contribution in [0.25, 0.3) is 0 Å². The van der Waals surface area contributed by atoms with Crippen LogP contribution in [0.2, 0.25) is 0 Å². The molecule has 86 valence electrons. The van der Waals surface area contributed by atoms with Crippen molar-refractivity contribution in [1.29, 1.82) is 0 Å². The Bertz CT molecular complexity index is 376. The smallest absolute Gasteiger partial charge is 0.0579 e. The first-order chi connectivity index (χ1) is 7.74. The number of fused-ring (bicyclic) bond motifs is 2. The van der Waals surface area contributed by atoms with E-state index in [1.807, 2.05) is 0 Å². The summed E-state index contributed by atoms with van der Waals surface area (Å²) in [5.41, 5.74) is 2.67. The number of benzene rings is 1. The molecule has 2 nitrogen and oxygen atoms in total. The molecule has 0 radical (unpaired) electrons. The van der Waals surface area contributed by atoms with Gasteiger partial charge in [0.25, 0.3) is 0 Å². The monoisotopic (exact) mass is 217 g/mol. The normalized spacial score (nSPS) is 33.1. The van der Waals surface area contributed by atoms with Crippen LogP contribution in [0.4, 0.5) is 5.69 Å². The van der Waals surface area contributed by atoms with Crippen molar-refractivity contribution < 1.29 is 5.11 Å². The van der Waals surface area contributed by atoms with Gasteiger partial charge in [0, 0.05) is 17.8 Å². The van der Waals surface area contributed by atoms with Crippen molar-refractivity contribution in [2.75, 3.05) is 4.90 Å². The van der Waals surface area contributed by atoms with Crippen molar-refractivity contribution in [3.8, 4) is 0 Å². The van der Waals surface area contributed by atoms with Crippen molar-refractivity contribution in [2.45, 2.75) is 50.8 Å². The fraction of sp³-hybridized carbons (Fsp3) is 0.571. The van der Waals surface area contributed by atoms with E-state index in [4.69, 9.17) is 0 Å². The minimum absolute atomic E-state index is 0.0708. The van der Waals surface area contributed by atoms with Gasteiger partial charge in [0.05, 0.1) is 6.10 Å². The van der Waals surface area contributed by atoms with Crippen LogP contribution < -0.4 is 4.90 Å². The molecule has 2 bridgehead atoms. The van der Waals surface area contributed by atoms with Gasteiger partial charge in [0.15, 0.2) is 0 Å². The molecule has 1 N–H and O–H groups in total. The lowest BCUT2D eigenvalue weighted by Crippen LogP contribution is -2.44. The Labute approximate surface area is 96.9 Å². The number of piperidine rings is 1. The van der Waals surface area contributed by atoms with Gasteiger partial charge in [-0.05, 0) is 50.3 Å². The van der Waals surface area contributed by atoms with E-state index >= 15 is 0 Å². The Hall–Kier alpha value is -1.02. The SMILES string of the molecule is Cc1cccc(N2C3CCC2CC(O)C3)c1. The fourth-order valence-electron chi connectivity index (χ4n) is 3.36. The van der Waals surface area contributed by atoms with Crippen LogP contribution >= 0.6 is 0 Å². The molecule has 0 aliphatic carbocycles. The van der Waals surface area contributed by atoms with Crippen LogP contribution in [0, 0.1) is 6.92 Å². The third kappa shape index (κ3) is 1.61. The Morgan fingerprint density at radius 1 is 1.19 bits per heavy atom.